The lowest BCUT2D eigenvalue weighted by atomic mass is 10.0. The predicted octanol–water partition coefficient (Wildman–Crippen LogP) is 13.1. The standard InChI is InChI=1S/C14H14.C12H12.2C8H10.C6H8N2/c1-11-5-3-7-13(9-11)14-8-4-6-12(2)10-14;1-9-7-8-10(2)12-6-4-3-5-11(9)12;1-7-3-5-8(2)6-4-7;1-7-4-3-5-8(2)6-7;1-5-3-7-4-6(2)8-5/h3-10H,1-2H3;3-8H,1-2H3;2*3-6H,1-2H3;3-4H,1-2H3. The molecule has 0 spiro atoms. The van der Waals surface area contributed by atoms with Gasteiger partial charge < -0.3 is 0 Å². The zero-order valence-corrected chi connectivity index (χ0v) is 31.8. The van der Waals surface area contributed by atoms with Gasteiger partial charge in [0.2, 0.25) is 0 Å². The largest absolute Gasteiger partial charge is 0.261 e. The van der Waals surface area contributed by atoms with Gasteiger partial charge in [0.25, 0.3) is 0 Å². The molecule has 0 aliphatic carbocycles. The first-order chi connectivity index (χ1) is 23.9. The third-order valence-corrected chi connectivity index (χ3v) is 8.00. The first kappa shape index (κ1) is 39.1. The van der Waals surface area contributed by atoms with Crippen LogP contribution in [0.25, 0.3) is 21.9 Å². The predicted molar refractivity (Wildman–Crippen MR) is 218 cm³/mol. The minimum Gasteiger partial charge on any atom is -0.261 e. The average molecular weight is 659 g/mol. The highest BCUT2D eigenvalue weighted by Gasteiger charge is 1.98. The molecule has 6 aromatic carbocycles. The molecule has 0 atom stereocenters. The summed E-state index contributed by atoms with van der Waals surface area (Å²) in [5.74, 6) is 0. The second kappa shape index (κ2) is 20.2. The average Bonchev–Trinajstić information content (AvgIpc) is 3.09. The van der Waals surface area contributed by atoms with Crippen LogP contribution in [0.2, 0.25) is 0 Å². The zero-order chi connectivity index (χ0) is 36.5. The number of benzene rings is 6. The lowest BCUT2D eigenvalue weighted by Crippen LogP contribution is -1.85. The molecule has 50 heavy (non-hydrogen) atoms. The van der Waals surface area contributed by atoms with Crippen LogP contribution in [0, 0.1) is 69.2 Å². The van der Waals surface area contributed by atoms with Crippen LogP contribution in [0.4, 0.5) is 0 Å². The van der Waals surface area contributed by atoms with Crippen molar-refractivity contribution < 1.29 is 0 Å². The Bertz CT molecular complexity index is 1870. The molecule has 2 heteroatoms. The SMILES string of the molecule is Cc1ccc(C)c2ccccc12.Cc1ccc(C)cc1.Cc1cccc(-c2cccc(C)c2)c1.Cc1cccc(C)c1.Cc1cncc(C)n1. The van der Waals surface area contributed by atoms with Crippen LogP contribution >= 0.6 is 0 Å². The first-order valence-electron chi connectivity index (χ1n) is 17.3. The summed E-state index contributed by atoms with van der Waals surface area (Å²) in [6.45, 7) is 20.8. The summed E-state index contributed by atoms with van der Waals surface area (Å²) in [5, 5.41) is 2.75. The van der Waals surface area contributed by atoms with Crippen LogP contribution in [0.15, 0.2) is 146 Å². The van der Waals surface area contributed by atoms with E-state index in [2.05, 4.69) is 199 Å². The van der Waals surface area contributed by atoms with Crippen molar-refractivity contribution in [1.29, 1.82) is 0 Å². The summed E-state index contributed by atoms with van der Waals surface area (Å²) in [6.07, 6.45) is 3.49. The molecule has 0 aliphatic rings. The number of rotatable bonds is 1. The van der Waals surface area contributed by atoms with Gasteiger partial charge in [-0.05, 0) is 102 Å². The van der Waals surface area contributed by atoms with E-state index >= 15 is 0 Å². The molecule has 0 amide bonds. The van der Waals surface area contributed by atoms with Crippen molar-refractivity contribution in [2.75, 3.05) is 0 Å². The van der Waals surface area contributed by atoms with Gasteiger partial charge in [-0.2, -0.15) is 0 Å². The highest BCUT2D eigenvalue weighted by Crippen LogP contribution is 2.22. The monoisotopic (exact) mass is 658 g/mol. The Morgan fingerprint density at radius 1 is 0.320 bits per heavy atom. The molecule has 1 heterocycles. The van der Waals surface area contributed by atoms with E-state index in [1.807, 2.05) is 13.8 Å². The van der Waals surface area contributed by atoms with Crippen LogP contribution in [-0.4, -0.2) is 9.97 Å². The maximum atomic E-state index is 4.11. The van der Waals surface area contributed by atoms with E-state index in [0.29, 0.717) is 0 Å². The van der Waals surface area contributed by atoms with E-state index < -0.39 is 0 Å². The Morgan fingerprint density at radius 2 is 0.680 bits per heavy atom. The topological polar surface area (TPSA) is 25.8 Å². The second-order valence-corrected chi connectivity index (χ2v) is 13.1. The third kappa shape index (κ3) is 14.0. The van der Waals surface area contributed by atoms with Gasteiger partial charge in [0.15, 0.2) is 0 Å². The van der Waals surface area contributed by atoms with Gasteiger partial charge in [-0.15, -0.1) is 0 Å². The van der Waals surface area contributed by atoms with Crippen molar-refractivity contribution in [3.63, 3.8) is 0 Å². The Balaban J connectivity index is 0.000000173. The van der Waals surface area contributed by atoms with Crippen molar-refractivity contribution in [3.05, 3.63) is 202 Å². The Labute approximate surface area is 302 Å². The number of hydrogen-bond acceptors (Lipinski definition) is 2. The van der Waals surface area contributed by atoms with Gasteiger partial charge in [-0.3, -0.25) is 9.97 Å². The number of hydrogen-bond donors (Lipinski definition) is 0. The van der Waals surface area contributed by atoms with Crippen LogP contribution in [0.3, 0.4) is 0 Å². The fourth-order valence-corrected chi connectivity index (χ4v) is 5.28. The summed E-state index contributed by atoms with van der Waals surface area (Å²) < 4.78 is 0. The van der Waals surface area contributed by atoms with Gasteiger partial charge in [0, 0.05) is 12.4 Å². The van der Waals surface area contributed by atoms with Crippen LogP contribution in [-0.2, 0) is 0 Å². The molecule has 0 saturated carbocycles. The molecule has 256 valence electrons. The molecule has 0 aliphatic heterocycles. The van der Waals surface area contributed by atoms with Gasteiger partial charge in [0.1, 0.15) is 0 Å². The fourth-order valence-electron chi connectivity index (χ4n) is 5.28. The van der Waals surface area contributed by atoms with Crippen molar-refractivity contribution >= 4 is 10.8 Å². The summed E-state index contributed by atoms with van der Waals surface area (Å²) in [5.41, 5.74) is 15.2. The summed E-state index contributed by atoms with van der Waals surface area (Å²) in [4.78, 5) is 8.03. The first-order valence-corrected chi connectivity index (χ1v) is 17.3. The molecule has 1 aromatic heterocycles. The lowest BCUT2D eigenvalue weighted by Gasteiger charge is -2.03. The summed E-state index contributed by atoms with van der Waals surface area (Å²) in [7, 11) is 0. The van der Waals surface area contributed by atoms with Crippen molar-refractivity contribution in [1.82, 2.24) is 9.97 Å². The maximum absolute atomic E-state index is 4.11. The highest BCUT2D eigenvalue weighted by atomic mass is 14.8. The van der Waals surface area contributed by atoms with E-state index in [0.717, 1.165) is 11.4 Å². The van der Waals surface area contributed by atoms with Gasteiger partial charge in [-0.1, -0.05) is 167 Å². The fraction of sp³-hybridized carbons (Fsp3) is 0.208. The minimum absolute atomic E-state index is 0.977. The normalized spacial score (nSPS) is 9.80. The molecule has 0 fully saturated rings. The van der Waals surface area contributed by atoms with Crippen LogP contribution in [0.5, 0.6) is 0 Å². The molecular formula is C48H54N2. The number of fused-ring (bicyclic) bond motifs is 1. The summed E-state index contributed by atoms with van der Waals surface area (Å²) in [6, 6.07) is 47.0. The zero-order valence-electron chi connectivity index (χ0n) is 31.8. The van der Waals surface area contributed by atoms with E-state index in [1.54, 1.807) is 12.4 Å². The molecule has 0 N–H and O–H groups in total. The number of aromatic nitrogens is 2. The molecule has 7 rings (SSSR count). The summed E-state index contributed by atoms with van der Waals surface area (Å²) >= 11 is 0. The number of aryl methyl sites for hydroxylation is 10. The Morgan fingerprint density at radius 3 is 0.980 bits per heavy atom. The lowest BCUT2D eigenvalue weighted by molar-refractivity contribution is 1.05. The molecule has 0 radical (unpaired) electrons. The van der Waals surface area contributed by atoms with Gasteiger partial charge >= 0.3 is 0 Å². The van der Waals surface area contributed by atoms with E-state index in [9.17, 15) is 0 Å². The molecule has 0 saturated heterocycles. The maximum Gasteiger partial charge on any atom is 0.0558 e. The van der Waals surface area contributed by atoms with E-state index in [4.69, 9.17) is 0 Å². The third-order valence-electron chi connectivity index (χ3n) is 8.00. The van der Waals surface area contributed by atoms with Gasteiger partial charge in [0.05, 0.1) is 11.4 Å². The van der Waals surface area contributed by atoms with Crippen molar-refractivity contribution in [2.45, 2.75) is 69.2 Å². The van der Waals surface area contributed by atoms with E-state index in [1.165, 1.54) is 66.4 Å². The highest BCUT2D eigenvalue weighted by molar-refractivity contribution is 5.88. The number of nitrogens with zero attached hydrogens (tertiary/aromatic N) is 2. The minimum atomic E-state index is 0.977. The Kier molecular flexibility index (Phi) is 15.8. The molecule has 7 aromatic rings. The quantitative estimate of drug-likeness (QED) is 0.175. The van der Waals surface area contributed by atoms with Crippen molar-refractivity contribution in [2.24, 2.45) is 0 Å². The van der Waals surface area contributed by atoms with Crippen LogP contribution < -0.4 is 0 Å². The van der Waals surface area contributed by atoms with Gasteiger partial charge in [-0.25, -0.2) is 0 Å². The van der Waals surface area contributed by atoms with Crippen molar-refractivity contribution in [3.8, 4) is 11.1 Å². The molecule has 0 bridgehead atoms. The molecular weight excluding hydrogens is 605 g/mol. The van der Waals surface area contributed by atoms with E-state index in [-0.39, 0.29) is 0 Å². The Hall–Kier alpha value is -5.34. The van der Waals surface area contributed by atoms with Crippen LogP contribution in [0.1, 0.15) is 55.9 Å². The molecule has 2 nitrogen and oxygen atoms in total. The second-order valence-electron chi connectivity index (χ2n) is 13.1. The molecule has 0 unspecified atom stereocenters. The smallest absolute Gasteiger partial charge is 0.0558 e.